The van der Waals surface area contributed by atoms with E-state index in [1.807, 2.05) is 0 Å². The van der Waals surface area contributed by atoms with Gasteiger partial charge in [-0.25, -0.2) is 13.7 Å². The Labute approximate surface area is 141 Å². The monoisotopic (exact) mass is 343 g/mol. The van der Waals surface area contributed by atoms with Crippen LogP contribution < -0.4 is 14.4 Å². The number of amides is 2. The third-order valence-corrected chi connectivity index (χ3v) is 3.91. The molecule has 5 nitrogen and oxygen atoms in total. The zero-order chi connectivity index (χ0) is 17.6. The molecule has 2 aromatic carbocycles. The van der Waals surface area contributed by atoms with Crippen LogP contribution >= 0.6 is 0 Å². The van der Waals surface area contributed by atoms with E-state index in [1.165, 1.54) is 6.08 Å². The Morgan fingerprint density at radius 2 is 1.68 bits per heavy atom. The summed E-state index contributed by atoms with van der Waals surface area (Å²) in [5.74, 6) is -1.48. The number of anilines is 1. The first-order valence-electron chi connectivity index (χ1n) is 7.45. The lowest BCUT2D eigenvalue weighted by Gasteiger charge is -2.13. The molecule has 0 spiro atoms. The first kappa shape index (κ1) is 15.3. The third kappa shape index (κ3) is 2.73. The number of imide groups is 1. The summed E-state index contributed by atoms with van der Waals surface area (Å²) in [4.78, 5) is 25.8. The molecule has 0 aliphatic carbocycles. The highest BCUT2D eigenvalue weighted by molar-refractivity contribution is 6.29. The zero-order valence-corrected chi connectivity index (χ0v) is 12.8. The Morgan fingerprint density at radius 1 is 0.960 bits per heavy atom. The average molecular weight is 343 g/mol. The lowest BCUT2D eigenvalue weighted by molar-refractivity contribution is -0.120. The molecule has 0 bridgehead atoms. The summed E-state index contributed by atoms with van der Waals surface area (Å²) in [7, 11) is 0. The van der Waals surface area contributed by atoms with E-state index in [2.05, 4.69) is 0 Å². The van der Waals surface area contributed by atoms with Gasteiger partial charge in [0.1, 0.15) is 11.6 Å². The van der Waals surface area contributed by atoms with Gasteiger partial charge in [-0.05, 0) is 35.9 Å². The maximum absolute atomic E-state index is 13.3. The quantitative estimate of drug-likeness (QED) is 0.621. The second kappa shape index (κ2) is 5.70. The van der Waals surface area contributed by atoms with Crippen LogP contribution in [-0.4, -0.2) is 18.6 Å². The Morgan fingerprint density at radius 3 is 2.44 bits per heavy atom. The number of nitrogens with zero attached hydrogens (tertiary/aromatic N) is 1. The molecule has 1 saturated heterocycles. The molecule has 2 aromatic rings. The molecule has 0 saturated carbocycles. The van der Waals surface area contributed by atoms with Crippen molar-refractivity contribution in [3.8, 4) is 11.5 Å². The number of halogens is 2. The van der Waals surface area contributed by atoms with Crippen LogP contribution in [-0.2, 0) is 9.59 Å². The van der Waals surface area contributed by atoms with Crippen LogP contribution in [0.3, 0.4) is 0 Å². The third-order valence-electron chi connectivity index (χ3n) is 3.91. The van der Waals surface area contributed by atoms with Gasteiger partial charge in [-0.15, -0.1) is 0 Å². The topological polar surface area (TPSA) is 55.8 Å². The van der Waals surface area contributed by atoms with Crippen molar-refractivity contribution in [3.63, 3.8) is 0 Å². The van der Waals surface area contributed by atoms with Crippen molar-refractivity contribution >= 4 is 23.6 Å². The molecule has 2 amide bonds. The highest BCUT2D eigenvalue weighted by Gasteiger charge is 2.35. The maximum Gasteiger partial charge on any atom is 0.261 e. The minimum Gasteiger partial charge on any atom is -0.454 e. The summed E-state index contributed by atoms with van der Waals surface area (Å²) in [6.07, 6.45) is 1.17. The van der Waals surface area contributed by atoms with Gasteiger partial charge in [0.05, 0.1) is 12.1 Å². The van der Waals surface area contributed by atoms with Gasteiger partial charge in [-0.1, -0.05) is 0 Å². The number of fused-ring (bicyclic) bond motifs is 1. The molecule has 1 fully saturated rings. The van der Waals surface area contributed by atoms with Gasteiger partial charge in [-0.2, -0.15) is 0 Å². The predicted molar refractivity (Wildman–Crippen MR) is 84.0 cm³/mol. The summed E-state index contributed by atoms with van der Waals surface area (Å²) in [5, 5.41) is 0. The van der Waals surface area contributed by atoms with Gasteiger partial charge < -0.3 is 9.47 Å². The average Bonchev–Trinajstić information content (AvgIpc) is 3.10. The molecule has 2 aliphatic rings. The van der Waals surface area contributed by atoms with Crippen molar-refractivity contribution in [1.29, 1.82) is 0 Å². The summed E-state index contributed by atoms with van der Waals surface area (Å²) in [5.41, 5.74) is 0.696. The van der Waals surface area contributed by atoms with Crippen LogP contribution in [0.15, 0.2) is 42.0 Å². The summed E-state index contributed by atoms with van der Waals surface area (Å²) >= 11 is 0. The fraction of sp³-hybridized carbons (Fsp3) is 0.111. The van der Waals surface area contributed by atoms with E-state index in [4.69, 9.17) is 9.47 Å². The van der Waals surface area contributed by atoms with Gasteiger partial charge in [0.2, 0.25) is 12.7 Å². The van der Waals surface area contributed by atoms with Crippen LogP contribution in [0.25, 0.3) is 6.08 Å². The standard InChI is InChI=1S/C18H11F2NO4/c19-12-4-10(5-13(20)7-12)3-11-6-17(22)21(18(11)23)14-1-2-15-16(8-14)25-9-24-15/h1-5,7-8H,6,9H2/b11-3+. The lowest BCUT2D eigenvalue weighted by atomic mass is 10.1. The van der Waals surface area contributed by atoms with Gasteiger partial charge >= 0.3 is 0 Å². The maximum atomic E-state index is 13.3. The zero-order valence-electron chi connectivity index (χ0n) is 12.8. The van der Waals surface area contributed by atoms with Crippen LogP contribution in [0.5, 0.6) is 11.5 Å². The number of carbonyl (C=O) groups excluding carboxylic acids is 2. The van der Waals surface area contributed by atoms with E-state index in [1.54, 1.807) is 18.2 Å². The molecule has 126 valence electrons. The van der Waals surface area contributed by atoms with Crippen molar-refractivity contribution in [2.75, 3.05) is 11.7 Å². The molecule has 2 heterocycles. The summed E-state index contributed by atoms with van der Waals surface area (Å²) in [6.45, 7) is 0.0803. The second-order valence-corrected chi connectivity index (χ2v) is 5.62. The van der Waals surface area contributed by atoms with Crippen LogP contribution in [0, 0.1) is 11.6 Å². The largest absolute Gasteiger partial charge is 0.454 e. The highest BCUT2D eigenvalue weighted by Crippen LogP contribution is 2.37. The van der Waals surface area contributed by atoms with Crippen molar-refractivity contribution in [1.82, 2.24) is 0 Å². The first-order chi connectivity index (χ1) is 12.0. The number of hydrogen-bond acceptors (Lipinski definition) is 4. The number of benzene rings is 2. The molecule has 0 unspecified atom stereocenters. The minimum absolute atomic E-state index is 0.0803. The molecule has 4 rings (SSSR count). The Bertz CT molecular complexity index is 918. The van der Waals surface area contributed by atoms with E-state index >= 15 is 0 Å². The van der Waals surface area contributed by atoms with E-state index in [0.717, 1.165) is 23.1 Å². The van der Waals surface area contributed by atoms with Crippen molar-refractivity contribution in [2.24, 2.45) is 0 Å². The van der Waals surface area contributed by atoms with E-state index in [-0.39, 0.29) is 24.4 Å². The predicted octanol–water partition coefficient (Wildman–Crippen LogP) is 3.04. The van der Waals surface area contributed by atoms with Gasteiger partial charge in [0.15, 0.2) is 11.5 Å². The van der Waals surface area contributed by atoms with Crippen molar-refractivity contribution in [3.05, 3.63) is 59.2 Å². The molecular formula is C18H11F2NO4. The molecule has 7 heteroatoms. The summed E-state index contributed by atoms with van der Waals surface area (Å²) in [6, 6.07) is 7.66. The normalized spacial score (nSPS) is 17.7. The fourth-order valence-corrected chi connectivity index (χ4v) is 2.83. The lowest BCUT2D eigenvalue weighted by Crippen LogP contribution is -2.28. The smallest absolute Gasteiger partial charge is 0.261 e. The first-order valence-corrected chi connectivity index (χ1v) is 7.45. The Balaban J connectivity index is 1.67. The highest BCUT2D eigenvalue weighted by atomic mass is 19.1. The van der Waals surface area contributed by atoms with Gasteiger partial charge in [0, 0.05) is 17.7 Å². The van der Waals surface area contributed by atoms with Crippen molar-refractivity contribution < 1.29 is 27.8 Å². The number of ether oxygens (including phenoxy) is 2. The Hall–Kier alpha value is -3.22. The molecule has 0 atom stereocenters. The van der Waals surface area contributed by atoms with E-state index < -0.39 is 23.4 Å². The number of hydrogen-bond donors (Lipinski definition) is 0. The molecular weight excluding hydrogens is 332 g/mol. The van der Waals surface area contributed by atoms with E-state index in [0.29, 0.717) is 17.2 Å². The molecule has 0 radical (unpaired) electrons. The molecule has 0 aromatic heterocycles. The second-order valence-electron chi connectivity index (χ2n) is 5.62. The van der Waals surface area contributed by atoms with Crippen LogP contribution in [0.4, 0.5) is 14.5 Å². The van der Waals surface area contributed by atoms with Crippen LogP contribution in [0.2, 0.25) is 0 Å². The van der Waals surface area contributed by atoms with Gasteiger partial charge in [-0.3, -0.25) is 9.59 Å². The number of carbonyl (C=O) groups is 2. The minimum atomic E-state index is -0.753. The molecule has 0 N–H and O–H groups in total. The van der Waals surface area contributed by atoms with Crippen molar-refractivity contribution in [2.45, 2.75) is 6.42 Å². The summed E-state index contributed by atoms with van der Waals surface area (Å²) < 4.78 is 37.0. The Kier molecular flexibility index (Phi) is 3.49. The molecule has 2 aliphatic heterocycles. The fourth-order valence-electron chi connectivity index (χ4n) is 2.83. The van der Waals surface area contributed by atoms with E-state index in [9.17, 15) is 18.4 Å². The number of rotatable bonds is 2. The SMILES string of the molecule is O=C1C/C(=C\c2cc(F)cc(F)c2)C(=O)N1c1ccc2c(c1)OCO2. The molecule has 25 heavy (non-hydrogen) atoms. The van der Waals surface area contributed by atoms with Crippen LogP contribution in [0.1, 0.15) is 12.0 Å². The van der Waals surface area contributed by atoms with Gasteiger partial charge in [0.25, 0.3) is 5.91 Å².